The molecular formula is C23H22N4O4. The quantitative estimate of drug-likeness (QED) is 0.689. The van der Waals surface area contributed by atoms with E-state index in [1.807, 2.05) is 48.0 Å². The Bertz CT molecular complexity index is 1150. The monoisotopic (exact) mass is 418 g/mol. The third kappa shape index (κ3) is 3.84. The van der Waals surface area contributed by atoms with Gasteiger partial charge in [-0.25, -0.2) is 4.68 Å². The average molecular weight is 418 g/mol. The Kier molecular flexibility index (Phi) is 4.82. The number of hydrogen-bond donors (Lipinski definition) is 1. The van der Waals surface area contributed by atoms with Gasteiger partial charge in [-0.05, 0) is 42.3 Å². The van der Waals surface area contributed by atoms with Gasteiger partial charge in [0.15, 0.2) is 11.5 Å². The van der Waals surface area contributed by atoms with Crippen LogP contribution in [0.25, 0.3) is 0 Å². The number of ether oxygens (including phenoxy) is 2. The molecule has 8 heteroatoms. The van der Waals surface area contributed by atoms with Crippen molar-refractivity contribution >= 4 is 17.6 Å². The van der Waals surface area contributed by atoms with Gasteiger partial charge in [0.05, 0.1) is 18.8 Å². The van der Waals surface area contributed by atoms with Crippen molar-refractivity contribution in [3.63, 3.8) is 0 Å². The molecule has 0 fully saturated rings. The predicted octanol–water partition coefficient (Wildman–Crippen LogP) is 2.79. The Labute approximate surface area is 179 Å². The molecule has 0 spiro atoms. The highest BCUT2D eigenvalue weighted by atomic mass is 16.7. The molecule has 0 saturated carbocycles. The van der Waals surface area contributed by atoms with E-state index in [0.29, 0.717) is 37.4 Å². The molecule has 2 aromatic carbocycles. The molecule has 0 unspecified atom stereocenters. The van der Waals surface area contributed by atoms with Crippen LogP contribution in [0, 0.1) is 6.92 Å². The lowest BCUT2D eigenvalue weighted by Crippen LogP contribution is -2.36. The van der Waals surface area contributed by atoms with E-state index in [2.05, 4.69) is 10.4 Å². The van der Waals surface area contributed by atoms with Crippen molar-refractivity contribution in [1.82, 2.24) is 15.1 Å². The molecule has 8 nitrogen and oxygen atoms in total. The third-order valence-corrected chi connectivity index (χ3v) is 5.44. The fourth-order valence-electron chi connectivity index (χ4n) is 3.83. The van der Waals surface area contributed by atoms with Crippen LogP contribution in [0.2, 0.25) is 0 Å². The Morgan fingerprint density at radius 3 is 2.68 bits per heavy atom. The standard InChI is InChI=1S/C23H22N4O4/c1-15-10-21-26(22(28)8-9-27(21)25-15)13-16-2-5-18(6-3-16)23(29)24-12-17-4-7-19-20(11-17)31-14-30-19/h2-7,10-11H,8-9,12-14H2,1H3,(H,24,29). The van der Waals surface area contributed by atoms with Crippen molar-refractivity contribution in [2.75, 3.05) is 11.7 Å². The van der Waals surface area contributed by atoms with Crippen molar-refractivity contribution in [3.05, 3.63) is 70.9 Å². The molecule has 0 atom stereocenters. The molecule has 158 valence electrons. The molecule has 3 aromatic rings. The summed E-state index contributed by atoms with van der Waals surface area (Å²) < 4.78 is 12.5. The van der Waals surface area contributed by atoms with Gasteiger partial charge < -0.3 is 14.8 Å². The molecule has 31 heavy (non-hydrogen) atoms. The second-order valence-corrected chi connectivity index (χ2v) is 7.66. The second-order valence-electron chi connectivity index (χ2n) is 7.66. The van der Waals surface area contributed by atoms with Crippen molar-refractivity contribution in [2.24, 2.45) is 0 Å². The number of anilines is 1. The smallest absolute Gasteiger partial charge is 0.251 e. The molecule has 5 rings (SSSR count). The molecular weight excluding hydrogens is 396 g/mol. The lowest BCUT2D eigenvalue weighted by Gasteiger charge is -2.27. The van der Waals surface area contributed by atoms with Crippen LogP contribution >= 0.6 is 0 Å². The van der Waals surface area contributed by atoms with Gasteiger partial charge in [0.1, 0.15) is 5.82 Å². The first-order valence-electron chi connectivity index (χ1n) is 10.2. The van der Waals surface area contributed by atoms with Gasteiger partial charge in [0.25, 0.3) is 5.91 Å². The lowest BCUT2D eigenvalue weighted by atomic mass is 10.1. The van der Waals surface area contributed by atoms with Gasteiger partial charge in [-0.3, -0.25) is 14.5 Å². The fraction of sp³-hybridized carbons (Fsp3) is 0.261. The number of rotatable bonds is 5. The van der Waals surface area contributed by atoms with E-state index in [-0.39, 0.29) is 18.6 Å². The first kappa shape index (κ1) is 19.2. The number of benzene rings is 2. The van der Waals surface area contributed by atoms with Gasteiger partial charge in [-0.2, -0.15) is 5.10 Å². The maximum Gasteiger partial charge on any atom is 0.251 e. The number of hydrogen-bond acceptors (Lipinski definition) is 5. The van der Waals surface area contributed by atoms with Crippen molar-refractivity contribution in [2.45, 2.75) is 33.0 Å². The SMILES string of the molecule is Cc1cc2n(n1)CCC(=O)N2Cc1ccc(C(=O)NCc2ccc3c(c2)OCO3)cc1. The van der Waals surface area contributed by atoms with E-state index in [9.17, 15) is 9.59 Å². The normalized spacial score (nSPS) is 14.5. The van der Waals surface area contributed by atoms with Gasteiger partial charge >= 0.3 is 0 Å². The summed E-state index contributed by atoms with van der Waals surface area (Å²) in [4.78, 5) is 26.7. The van der Waals surface area contributed by atoms with Crippen LogP contribution in [-0.2, 0) is 24.4 Å². The minimum Gasteiger partial charge on any atom is -0.454 e. The third-order valence-electron chi connectivity index (χ3n) is 5.44. The zero-order chi connectivity index (χ0) is 21.4. The molecule has 0 aliphatic carbocycles. The summed E-state index contributed by atoms with van der Waals surface area (Å²) in [5.74, 6) is 2.15. The largest absolute Gasteiger partial charge is 0.454 e. The number of fused-ring (bicyclic) bond motifs is 2. The Morgan fingerprint density at radius 1 is 1.06 bits per heavy atom. The summed E-state index contributed by atoms with van der Waals surface area (Å²) in [7, 11) is 0. The van der Waals surface area contributed by atoms with E-state index in [4.69, 9.17) is 9.47 Å². The van der Waals surface area contributed by atoms with Crippen LogP contribution in [0.3, 0.4) is 0 Å². The number of carbonyl (C=O) groups excluding carboxylic acids is 2. The van der Waals surface area contributed by atoms with Gasteiger partial charge in [0.2, 0.25) is 12.7 Å². The van der Waals surface area contributed by atoms with Crippen molar-refractivity contribution in [3.8, 4) is 11.5 Å². The van der Waals surface area contributed by atoms with Crippen LogP contribution in [0.15, 0.2) is 48.5 Å². The molecule has 2 amide bonds. The lowest BCUT2D eigenvalue weighted by molar-refractivity contribution is -0.119. The minimum absolute atomic E-state index is 0.0814. The Hall–Kier alpha value is -3.81. The van der Waals surface area contributed by atoms with Crippen LogP contribution in [0.1, 0.15) is 33.6 Å². The highest BCUT2D eigenvalue weighted by Gasteiger charge is 2.25. The number of amides is 2. The predicted molar refractivity (Wildman–Crippen MR) is 113 cm³/mol. The summed E-state index contributed by atoms with van der Waals surface area (Å²) in [5, 5.41) is 7.35. The zero-order valence-electron chi connectivity index (χ0n) is 17.1. The first-order chi connectivity index (χ1) is 15.1. The number of nitrogens with zero attached hydrogens (tertiary/aromatic N) is 3. The van der Waals surface area contributed by atoms with E-state index < -0.39 is 0 Å². The van der Waals surface area contributed by atoms with Gasteiger partial charge in [0, 0.05) is 24.6 Å². The average Bonchev–Trinajstić information content (AvgIpc) is 3.40. The number of nitrogens with one attached hydrogen (secondary N) is 1. The zero-order valence-corrected chi connectivity index (χ0v) is 17.1. The van der Waals surface area contributed by atoms with Crippen molar-refractivity contribution < 1.29 is 19.1 Å². The van der Waals surface area contributed by atoms with E-state index in [0.717, 1.165) is 28.4 Å². The first-order valence-corrected chi connectivity index (χ1v) is 10.2. The summed E-state index contributed by atoms with van der Waals surface area (Å²) >= 11 is 0. The van der Waals surface area contributed by atoms with Gasteiger partial charge in [-0.15, -0.1) is 0 Å². The van der Waals surface area contributed by atoms with Crippen LogP contribution in [0.4, 0.5) is 5.82 Å². The van der Waals surface area contributed by atoms with Crippen LogP contribution in [-0.4, -0.2) is 28.4 Å². The summed E-state index contributed by atoms with van der Waals surface area (Å²) in [6, 6.07) is 14.9. The summed E-state index contributed by atoms with van der Waals surface area (Å²) in [6.07, 6.45) is 0.439. The van der Waals surface area contributed by atoms with E-state index in [1.54, 1.807) is 17.0 Å². The van der Waals surface area contributed by atoms with E-state index >= 15 is 0 Å². The topological polar surface area (TPSA) is 85.7 Å². The van der Waals surface area contributed by atoms with Crippen molar-refractivity contribution in [1.29, 1.82) is 0 Å². The number of aryl methyl sites for hydroxylation is 2. The van der Waals surface area contributed by atoms with E-state index in [1.165, 1.54) is 0 Å². The number of carbonyl (C=O) groups is 2. The number of aromatic nitrogens is 2. The summed E-state index contributed by atoms with van der Waals surface area (Å²) in [6.45, 7) is 3.60. The molecule has 2 aliphatic heterocycles. The molecule has 1 N–H and O–H groups in total. The molecule has 3 heterocycles. The Morgan fingerprint density at radius 2 is 1.84 bits per heavy atom. The molecule has 0 radical (unpaired) electrons. The minimum atomic E-state index is -0.160. The fourth-order valence-corrected chi connectivity index (χ4v) is 3.83. The maximum absolute atomic E-state index is 12.5. The van der Waals surface area contributed by atoms with Gasteiger partial charge in [-0.1, -0.05) is 18.2 Å². The molecule has 0 bridgehead atoms. The van der Waals surface area contributed by atoms with Crippen LogP contribution in [0.5, 0.6) is 11.5 Å². The van der Waals surface area contributed by atoms with Crippen LogP contribution < -0.4 is 19.7 Å². The highest BCUT2D eigenvalue weighted by Crippen LogP contribution is 2.32. The second kappa shape index (κ2) is 7.79. The molecule has 0 saturated heterocycles. The Balaban J connectivity index is 1.23. The molecule has 1 aromatic heterocycles. The molecule has 2 aliphatic rings. The summed E-state index contributed by atoms with van der Waals surface area (Å²) in [5.41, 5.74) is 3.34. The highest BCUT2D eigenvalue weighted by molar-refractivity contribution is 5.95. The maximum atomic E-state index is 12.5.